The lowest BCUT2D eigenvalue weighted by molar-refractivity contribution is 0.0527. The Balaban J connectivity index is 1.90. The molecule has 0 bridgehead atoms. The fourth-order valence-corrected chi connectivity index (χ4v) is 3.20. The quantitative estimate of drug-likeness (QED) is 0.881. The van der Waals surface area contributed by atoms with E-state index in [1.165, 1.54) is 0 Å². The molecule has 0 saturated carbocycles. The van der Waals surface area contributed by atoms with Crippen molar-refractivity contribution in [3.05, 3.63) is 36.0 Å². The molecule has 1 saturated heterocycles. The highest BCUT2D eigenvalue weighted by Gasteiger charge is 2.31. The van der Waals surface area contributed by atoms with Crippen molar-refractivity contribution in [1.29, 1.82) is 0 Å². The van der Waals surface area contributed by atoms with Gasteiger partial charge in [0, 0.05) is 30.0 Å². The zero-order valence-corrected chi connectivity index (χ0v) is 11.8. The number of aromatic nitrogens is 1. The van der Waals surface area contributed by atoms with Crippen LogP contribution in [0.15, 0.2) is 30.3 Å². The van der Waals surface area contributed by atoms with E-state index in [1.54, 1.807) is 0 Å². The van der Waals surface area contributed by atoms with Gasteiger partial charge in [-0.1, -0.05) is 25.1 Å². The van der Waals surface area contributed by atoms with Crippen LogP contribution in [0.3, 0.4) is 0 Å². The van der Waals surface area contributed by atoms with Gasteiger partial charge in [-0.05, 0) is 30.9 Å². The third-order valence-electron chi connectivity index (χ3n) is 4.38. The molecule has 3 N–H and O–H groups in total. The number of amides is 1. The van der Waals surface area contributed by atoms with Gasteiger partial charge in [0.05, 0.1) is 0 Å². The number of fused-ring (bicyclic) bond motifs is 1. The van der Waals surface area contributed by atoms with Gasteiger partial charge in [0.1, 0.15) is 5.69 Å². The third-order valence-corrected chi connectivity index (χ3v) is 4.38. The molecule has 2 heterocycles. The van der Waals surface area contributed by atoms with Crippen molar-refractivity contribution in [2.45, 2.75) is 25.8 Å². The van der Waals surface area contributed by atoms with E-state index >= 15 is 0 Å². The molecule has 106 valence electrons. The number of carbonyl (C=O) groups excluding carboxylic acids is 1. The molecular weight excluding hydrogens is 250 g/mol. The molecule has 2 aromatic rings. The Bertz CT molecular complexity index is 586. The van der Waals surface area contributed by atoms with Crippen LogP contribution in [-0.4, -0.2) is 34.9 Å². The first-order valence-electron chi connectivity index (χ1n) is 7.29. The summed E-state index contributed by atoms with van der Waals surface area (Å²) < 4.78 is 0. The van der Waals surface area contributed by atoms with Gasteiger partial charge in [0.25, 0.3) is 5.91 Å². The summed E-state index contributed by atoms with van der Waals surface area (Å²) >= 11 is 0. The fourth-order valence-electron chi connectivity index (χ4n) is 3.20. The second kappa shape index (κ2) is 5.29. The van der Waals surface area contributed by atoms with Crippen LogP contribution in [0.1, 0.15) is 30.3 Å². The lowest BCUT2D eigenvalue weighted by Crippen LogP contribution is -2.51. The summed E-state index contributed by atoms with van der Waals surface area (Å²) in [5, 5.41) is 1.07. The number of nitrogens with one attached hydrogen (secondary N) is 1. The van der Waals surface area contributed by atoms with Crippen LogP contribution in [0.5, 0.6) is 0 Å². The van der Waals surface area contributed by atoms with Gasteiger partial charge in [0.15, 0.2) is 0 Å². The Labute approximate surface area is 118 Å². The van der Waals surface area contributed by atoms with Crippen molar-refractivity contribution in [3.63, 3.8) is 0 Å². The van der Waals surface area contributed by atoms with E-state index in [1.807, 2.05) is 35.2 Å². The maximum atomic E-state index is 12.7. The molecule has 1 fully saturated rings. The van der Waals surface area contributed by atoms with Crippen LogP contribution in [0.25, 0.3) is 10.9 Å². The van der Waals surface area contributed by atoms with Crippen LogP contribution in [0.2, 0.25) is 0 Å². The van der Waals surface area contributed by atoms with Gasteiger partial charge in [-0.25, -0.2) is 0 Å². The van der Waals surface area contributed by atoms with Crippen molar-refractivity contribution >= 4 is 16.8 Å². The van der Waals surface area contributed by atoms with E-state index in [-0.39, 0.29) is 11.9 Å². The standard InChI is InChI=1S/C16H21N3O/c1-11-5-4-8-19(15(11)10-17)16(20)14-9-12-6-2-3-7-13(12)18-14/h2-3,6-7,9,11,15,18H,4-5,8,10,17H2,1H3. The first kappa shape index (κ1) is 13.2. The molecule has 1 amide bonds. The molecule has 1 aromatic carbocycles. The van der Waals surface area contributed by atoms with Gasteiger partial charge >= 0.3 is 0 Å². The van der Waals surface area contributed by atoms with Crippen LogP contribution in [0, 0.1) is 5.92 Å². The van der Waals surface area contributed by atoms with E-state index in [2.05, 4.69) is 11.9 Å². The first-order chi connectivity index (χ1) is 9.70. The van der Waals surface area contributed by atoms with Gasteiger partial charge in [-0.2, -0.15) is 0 Å². The zero-order chi connectivity index (χ0) is 14.1. The van der Waals surface area contributed by atoms with Crippen molar-refractivity contribution < 1.29 is 4.79 Å². The van der Waals surface area contributed by atoms with E-state index in [9.17, 15) is 4.79 Å². The van der Waals surface area contributed by atoms with Gasteiger partial charge in [-0.15, -0.1) is 0 Å². The number of nitrogens with zero attached hydrogens (tertiary/aromatic N) is 1. The van der Waals surface area contributed by atoms with Crippen LogP contribution in [0.4, 0.5) is 0 Å². The minimum absolute atomic E-state index is 0.0724. The van der Waals surface area contributed by atoms with Crippen LogP contribution < -0.4 is 5.73 Å². The second-order valence-corrected chi connectivity index (χ2v) is 5.69. The Morgan fingerprint density at radius 1 is 1.45 bits per heavy atom. The summed E-state index contributed by atoms with van der Waals surface area (Å²) in [4.78, 5) is 17.9. The highest BCUT2D eigenvalue weighted by Crippen LogP contribution is 2.25. The number of aromatic amines is 1. The molecule has 0 aliphatic carbocycles. The van der Waals surface area contributed by atoms with Gasteiger partial charge in [-0.3, -0.25) is 4.79 Å². The second-order valence-electron chi connectivity index (χ2n) is 5.69. The molecule has 3 rings (SSSR count). The number of H-pyrrole nitrogens is 1. The summed E-state index contributed by atoms with van der Waals surface area (Å²) in [7, 11) is 0. The van der Waals surface area contributed by atoms with Crippen molar-refractivity contribution in [3.8, 4) is 0 Å². The maximum absolute atomic E-state index is 12.7. The number of benzene rings is 1. The van der Waals surface area contributed by atoms with Gasteiger partial charge in [0.2, 0.25) is 0 Å². The fraction of sp³-hybridized carbons (Fsp3) is 0.438. The lowest BCUT2D eigenvalue weighted by Gasteiger charge is -2.39. The summed E-state index contributed by atoms with van der Waals surface area (Å²) in [6, 6.07) is 10.1. The van der Waals surface area contributed by atoms with E-state index < -0.39 is 0 Å². The molecule has 2 atom stereocenters. The highest BCUT2D eigenvalue weighted by atomic mass is 16.2. The van der Waals surface area contributed by atoms with Crippen molar-refractivity contribution in [2.24, 2.45) is 11.7 Å². The zero-order valence-electron chi connectivity index (χ0n) is 11.8. The molecule has 0 radical (unpaired) electrons. The summed E-state index contributed by atoms with van der Waals surface area (Å²) in [5.74, 6) is 0.547. The first-order valence-corrected chi connectivity index (χ1v) is 7.29. The predicted octanol–water partition coefficient (Wildman–Crippen LogP) is 2.37. The number of nitrogens with two attached hydrogens (primary N) is 1. The third kappa shape index (κ3) is 2.20. The van der Waals surface area contributed by atoms with Crippen LogP contribution in [-0.2, 0) is 0 Å². The number of hydrogen-bond acceptors (Lipinski definition) is 2. The number of piperidine rings is 1. The number of likely N-dealkylation sites (tertiary alicyclic amines) is 1. The molecule has 20 heavy (non-hydrogen) atoms. The molecular formula is C16H21N3O. The summed E-state index contributed by atoms with van der Waals surface area (Å²) in [5.41, 5.74) is 7.54. The Morgan fingerprint density at radius 2 is 2.25 bits per heavy atom. The Kier molecular flexibility index (Phi) is 3.49. The molecule has 4 nitrogen and oxygen atoms in total. The molecule has 1 aliphatic rings. The monoisotopic (exact) mass is 271 g/mol. The van der Waals surface area contributed by atoms with E-state index in [0.717, 1.165) is 30.3 Å². The minimum atomic E-state index is 0.0724. The number of para-hydroxylation sites is 1. The molecule has 1 aromatic heterocycles. The van der Waals surface area contributed by atoms with Crippen molar-refractivity contribution in [1.82, 2.24) is 9.88 Å². The molecule has 2 unspecified atom stereocenters. The minimum Gasteiger partial charge on any atom is -0.351 e. The average Bonchev–Trinajstić information content (AvgIpc) is 2.90. The molecule has 0 spiro atoms. The number of carbonyl (C=O) groups is 1. The number of hydrogen-bond donors (Lipinski definition) is 2. The maximum Gasteiger partial charge on any atom is 0.270 e. The highest BCUT2D eigenvalue weighted by molar-refractivity contribution is 5.98. The largest absolute Gasteiger partial charge is 0.351 e. The molecule has 4 heteroatoms. The SMILES string of the molecule is CC1CCCN(C(=O)c2cc3ccccc3[nH]2)C1CN. The van der Waals surface area contributed by atoms with Crippen molar-refractivity contribution in [2.75, 3.05) is 13.1 Å². The topological polar surface area (TPSA) is 62.1 Å². The van der Waals surface area contributed by atoms with E-state index in [4.69, 9.17) is 5.73 Å². The molecule has 1 aliphatic heterocycles. The Morgan fingerprint density at radius 3 is 3.00 bits per heavy atom. The van der Waals surface area contributed by atoms with E-state index in [0.29, 0.717) is 18.2 Å². The lowest BCUT2D eigenvalue weighted by atomic mass is 9.90. The number of rotatable bonds is 2. The summed E-state index contributed by atoms with van der Waals surface area (Å²) in [6.07, 6.45) is 2.21. The smallest absolute Gasteiger partial charge is 0.270 e. The Hall–Kier alpha value is -1.81. The van der Waals surface area contributed by atoms with Crippen LogP contribution >= 0.6 is 0 Å². The predicted molar refractivity (Wildman–Crippen MR) is 80.6 cm³/mol. The summed E-state index contributed by atoms with van der Waals surface area (Å²) in [6.45, 7) is 3.52. The van der Waals surface area contributed by atoms with Gasteiger partial charge < -0.3 is 15.6 Å². The average molecular weight is 271 g/mol. The normalized spacial score (nSPS) is 23.2.